The van der Waals surface area contributed by atoms with Gasteiger partial charge in [0.25, 0.3) is 0 Å². The summed E-state index contributed by atoms with van der Waals surface area (Å²) in [6.45, 7) is 1.59. The number of fused-ring (bicyclic) bond motifs is 1. The summed E-state index contributed by atoms with van der Waals surface area (Å²) < 4.78 is 27.1. The van der Waals surface area contributed by atoms with Crippen LogP contribution in [0.5, 0.6) is 0 Å². The van der Waals surface area contributed by atoms with Gasteiger partial charge in [-0.25, -0.2) is 8.42 Å². The van der Waals surface area contributed by atoms with Crippen LogP contribution in [0.3, 0.4) is 0 Å². The van der Waals surface area contributed by atoms with Crippen LogP contribution in [-0.4, -0.2) is 37.3 Å². The van der Waals surface area contributed by atoms with Crippen molar-refractivity contribution in [1.29, 1.82) is 0 Å². The van der Waals surface area contributed by atoms with Gasteiger partial charge in [-0.3, -0.25) is 4.98 Å². The smallest absolute Gasteiger partial charge is 0.243 e. The first kappa shape index (κ1) is 13.5. The van der Waals surface area contributed by atoms with Crippen molar-refractivity contribution in [2.45, 2.75) is 11.3 Å². The average molecular weight is 291 g/mol. The summed E-state index contributed by atoms with van der Waals surface area (Å²) in [6, 6.07) is 7.04. The summed E-state index contributed by atoms with van der Waals surface area (Å²) in [6.07, 6.45) is 4.14. The van der Waals surface area contributed by atoms with Crippen LogP contribution >= 0.6 is 0 Å². The van der Waals surface area contributed by atoms with Gasteiger partial charge in [0.1, 0.15) is 0 Å². The van der Waals surface area contributed by atoms with Crippen molar-refractivity contribution < 1.29 is 8.42 Å². The lowest BCUT2D eigenvalue weighted by molar-refractivity contribution is 0.460. The number of hydrogen-bond donors (Lipinski definition) is 1. The molecular weight excluding hydrogens is 274 g/mol. The number of nitrogens with zero attached hydrogens (tertiary/aromatic N) is 2. The first-order valence-electron chi connectivity index (χ1n) is 6.66. The zero-order valence-electron chi connectivity index (χ0n) is 11.1. The predicted molar refractivity (Wildman–Crippen MR) is 77.7 cm³/mol. The van der Waals surface area contributed by atoms with Crippen molar-refractivity contribution in [3.8, 4) is 0 Å². The molecule has 1 unspecified atom stereocenters. The minimum absolute atomic E-state index is 0.265. The third kappa shape index (κ3) is 2.19. The number of benzene rings is 1. The molecule has 0 bridgehead atoms. The second-order valence-electron chi connectivity index (χ2n) is 5.11. The largest absolute Gasteiger partial charge is 0.330 e. The molecule has 2 heterocycles. The van der Waals surface area contributed by atoms with E-state index in [1.807, 2.05) is 6.07 Å². The Labute approximate surface area is 118 Å². The van der Waals surface area contributed by atoms with E-state index in [-0.39, 0.29) is 5.92 Å². The molecule has 5 nitrogen and oxygen atoms in total. The monoisotopic (exact) mass is 291 g/mol. The van der Waals surface area contributed by atoms with Gasteiger partial charge in [0, 0.05) is 36.3 Å². The van der Waals surface area contributed by atoms with E-state index in [0.717, 1.165) is 17.2 Å². The lowest BCUT2D eigenvalue weighted by Gasteiger charge is -2.17. The molecule has 1 aliphatic heterocycles. The van der Waals surface area contributed by atoms with Crippen LogP contribution in [0.2, 0.25) is 0 Å². The predicted octanol–water partition coefficient (Wildman–Crippen LogP) is 1.20. The molecule has 2 aromatic rings. The number of nitrogens with two attached hydrogens (primary N) is 1. The van der Waals surface area contributed by atoms with Crippen LogP contribution in [0.1, 0.15) is 6.42 Å². The van der Waals surface area contributed by atoms with E-state index in [1.54, 1.807) is 34.9 Å². The Hall–Kier alpha value is -1.50. The van der Waals surface area contributed by atoms with E-state index in [0.29, 0.717) is 24.5 Å². The Morgan fingerprint density at radius 1 is 1.35 bits per heavy atom. The number of rotatable bonds is 3. The summed E-state index contributed by atoms with van der Waals surface area (Å²) in [7, 11) is -3.46. The standard InChI is InChI=1S/C14H17N3O2S/c15-8-11-5-7-17(10-11)20(18,19)14-3-1-2-12-9-16-6-4-13(12)14/h1-4,6,9,11H,5,7-8,10,15H2. The van der Waals surface area contributed by atoms with Crippen molar-refractivity contribution in [1.82, 2.24) is 9.29 Å². The highest BCUT2D eigenvalue weighted by atomic mass is 32.2. The summed E-state index contributed by atoms with van der Waals surface area (Å²) in [5, 5.41) is 1.56. The van der Waals surface area contributed by atoms with Crippen LogP contribution in [0, 0.1) is 5.92 Å². The molecule has 0 amide bonds. The molecule has 0 spiro atoms. The van der Waals surface area contributed by atoms with Gasteiger partial charge in [0.2, 0.25) is 10.0 Å². The maximum absolute atomic E-state index is 12.8. The highest BCUT2D eigenvalue weighted by Gasteiger charge is 2.32. The van der Waals surface area contributed by atoms with Gasteiger partial charge in [0.15, 0.2) is 0 Å². The van der Waals surface area contributed by atoms with Gasteiger partial charge in [-0.05, 0) is 31.0 Å². The Kier molecular flexibility index (Phi) is 3.45. The fraction of sp³-hybridized carbons (Fsp3) is 0.357. The molecule has 2 N–H and O–H groups in total. The zero-order chi connectivity index (χ0) is 14.2. The van der Waals surface area contributed by atoms with E-state index in [4.69, 9.17) is 5.73 Å². The summed E-state index contributed by atoms with van der Waals surface area (Å²) in [4.78, 5) is 4.39. The molecule has 1 saturated heterocycles. The second-order valence-corrected chi connectivity index (χ2v) is 7.01. The highest BCUT2D eigenvalue weighted by molar-refractivity contribution is 7.89. The zero-order valence-corrected chi connectivity index (χ0v) is 11.9. The van der Waals surface area contributed by atoms with Gasteiger partial charge in [-0.15, -0.1) is 0 Å². The number of aromatic nitrogens is 1. The van der Waals surface area contributed by atoms with E-state index < -0.39 is 10.0 Å². The molecule has 1 atom stereocenters. The van der Waals surface area contributed by atoms with Gasteiger partial charge in [-0.2, -0.15) is 4.31 Å². The molecule has 0 aliphatic carbocycles. The van der Waals surface area contributed by atoms with Gasteiger partial charge in [0.05, 0.1) is 4.90 Å². The maximum Gasteiger partial charge on any atom is 0.243 e. The van der Waals surface area contributed by atoms with Crippen LogP contribution in [0.25, 0.3) is 10.8 Å². The summed E-state index contributed by atoms with van der Waals surface area (Å²) >= 11 is 0. The normalized spacial score (nSPS) is 20.6. The van der Waals surface area contributed by atoms with Crippen LogP contribution in [0.4, 0.5) is 0 Å². The molecule has 6 heteroatoms. The van der Waals surface area contributed by atoms with Crippen molar-refractivity contribution in [3.05, 3.63) is 36.7 Å². The Morgan fingerprint density at radius 2 is 2.20 bits per heavy atom. The van der Waals surface area contributed by atoms with E-state index in [2.05, 4.69) is 4.98 Å². The van der Waals surface area contributed by atoms with Gasteiger partial charge >= 0.3 is 0 Å². The summed E-state index contributed by atoms with van der Waals surface area (Å²) in [5.74, 6) is 0.265. The first-order valence-corrected chi connectivity index (χ1v) is 8.10. The van der Waals surface area contributed by atoms with E-state index >= 15 is 0 Å². The van der Waals surface area contributed by atoms with Gasteiger partial charge < -0.3 is 5.73 Å². The molecule has 0 radical (unpaired) electrons. The van der Waals surface area contributed by atoms with Gasteiger partial charge in [-0.1, -0.05) is 12.1 Å². The molecule has 20 heavy (non-hydrogen) atoms. The molecular formula is C14H17N3O2S. The summed E-state index contributed by atoms with van der Waals surface area (Å²) in [5.41, 5.74) is 5.64. The highest BCUT2D eigenvalue weighted by Crippen LogP contribution is 2.28. The SMILES string of the molecule is NCC1CCN(S(=O)(=O)c2cccc3cnccc23)C1. The molecule has 1 aliphatic rings. The Morgan fingerprint density at radius 3 is 2.95 bits per heavy atom. The minimum Gasteiger partial charge on any atom is -0.330 e. The quantitative estimate of drug-likeness (QED) is 0.922. The molecule has 106 valence electrons. The third-order valence-electron chi connectivity index (χ3n) is 3.84. The third-order valence-corrected chi connectivity index (χ3v) is 5.76. The van der Waals surface area contributed by atoms with Crippen molar-refractivity contribution in [2.75, 3.05) is 19.6 Å². The van der Waals surface area contributed by atoms with Crippen molar-refractivity contribution >= 4 is 20.8 Å². The fourth-order valence-electron chi connectivity index (χ4n) is 2.66. The second kappa shape index (κ2) is 5.12. The van der Waals surface area contributed by atoms with Crippen molar-refractivity contribution in [3.63, 3.8) is 0 Å². The lowest BCUT2D eigenvalue weighted by Crippen LogP contribution is -2.30. The Balaban J connectivity index is 2.06. The van der Waals surface area contributed by atoms with Crippen LogP contribution in [-0.2, 0) is 10.0 Å². The Bertz CT molecular complexity index is 725. The molecule has 1 fully saturated rings. The number of pyridine rings is 1. The van der Waals surface area contributed by atoms with Crippen LogP contribution < -0.4 is 5.73 Å². The lowest BCUT2D eigenvalue weighted by atomic mass is 10.1. The molecule has 3 rings (SSSR count). The van der Waals surface area contributed by atoms with Crippen molar-refractivity contribution in [2.24, 2.45) is 11.7 Å². The number of sulfonamides is 1. The van der Waals surface area contributed by atoms with E-state index in [9.17, 15) is 8.42 Å². The minimum atomic E-state index is -3.46. The average Bonchev–Trinajstić information content (AvgIpc) is 2.96. The fourth-order valence-corrected chi connectivity index (χ4v) is 4.41. The topological polar surface area (TPSA) is 76.3 Å². The molecule has 0 saturated carbocycles. The van der Waals surface area contributed by atoms with Crippen LogP contribution in [0.15, 0.2) is 41.6 Å². The van der Waals surface area contributed by atoms with E-state index in [1.165, 1.54) is 0 Å². The maximum atomic E-state index is 12.8. The number of hydrogen-bond acceptors (Lipinski definition) is 4. The first-order chi connectivity index (χ1) is 9.63. The molecule has 1 aromatic carbocycles. The molecule has 1 aromatic heterocycles.